The Morgan fingerprint density at radius 2 is 1.94 bits per heavy atom. The number of amides is 1. The summed E-state index contributed by atoms with van der Waals surface area (Å²) < 4.78 is 34.0. The molecule has 0 aromatic rings. The molecule has 0 aromatic heterocycles. The van der Waals surface area contributed by atoms with Crippen LogP contribution in [0.15, 0.2) is 0 Å². The van der Waals surface area contributed by atoms with Gasteiger partial charge < -0.3 is 14.4 Å². The zero-order chi connectivity index (χ0) is 13.4. The van der Waals surface area contributed by atoms with Crippen LogP contribution in [-0.4, -0.2) is 62.8 Å². The lowest BCUT2D eigenvalue weighted by Crippen LogP contribution is -2.53. The van der Waals surface area contributed by atoms with Gasteiger partial charge in [0.05, 0.1) is 19.8 Å². The Balaban J connectivity index is 2.07. The highest BCUT2D eigenvalue weighted by Crippen LogP contribution is 2.30. The van der Waals surface area contributed by atoms with Crippen molar-refractivity contribution in [2.24, 2.45) is 0 Å². The predicted molar refractivity (Wildman–Crippen MR) is 64.8 cm³/mol. The van der Waals surface area contributed by atoms with Crippen LogP contribution in [0.2, 0.25) is 0 Å². The summed E-state index contributed by atoms with van der Waals surface area (Å²) in [6.45, 7) is 3.38. The predicted octanol–water partition coefficient (Wildman–Crippen LogP) is -0.215. The molecule has 2 aliphatic rings. The molecule has 7 heteroatoms. The van der Waals surface area contributed by atoms with Crippen LogP contribution in [0.5, 0.6) is 0 Å². The zero-order valence-corrected chi connectivity index (χ0v) is 11.5. The third-order valence-corrected chi connectivity index (χ3v) is 5.02. The molecule has 18 heavy (non-hydrogen) atoms. The van der Waals surface area contributed by atoms with Gasteiger partial charge in [-0.15, -0.1) is 0 Å². The van der Waals surface area contributed by atoms with Gasteiger partial charge in [0.25, 0.3) is 0 Å². The smallest absolute Gasteiger partial charge is 0.240 e. The number of carbonyl (C=O) groups excluding carboxylic acids is 1. The average Bonchev–Trinajstić information content (AvgIpc) is 2.74. The molecule has 1 amide bonds. The molecule has 0 radical (unpaired) electrons. The summed E-state index contributed by atoms with van der Waals surface area (Å²) in [6, 6.07) is 0. The van der Waals surface area contributed by atoms with Crippen molar-refractivity contribution in [1.82, 2.24) is 4.90 Å². The minimum atomic E-state index is -3.36. The first-order valence-corrected chi connectivity index (χ1v) is 8.05. The Morgan fingerprint density at radius 1 is 1.33 bits per heavy atom. The Kier molecular flexibility index (Phi) is 3.66. The van der Waals surface area contributed by atoms with Crippen molar-refractivity contribution in [3.05, 3.63) is 0 Å². The number of rotatable bonds is 2. The summed E-state index contributed by atoms with van der Waals surface area (Å²) in [6.07, 6.45) is 2.60. The van der Waals surface area contributed by atoms with Crippen LogP contribution in [0.25, 0.3) is 0 Å². The molecule has 2 fully saturated rings. The van der Waals surface area contributed by atoms with Gasteiger partial charge in [0.1, 0.15) is 5.25 Å². The molecule has 0 aromatic carbocycles. The molecule has 0 bridgehead atoms. The number of hydrogen-bond acceptors (Lipinski definition) is 5. The number of piperidine rings is 1. The third kappa shape index (κ3) is 2.67. The Morgan fingerprint density at radius 3 is 2.50 bits per heavy atom. The molecule has 0 aliphatic carbocycles. The number of carbonyl (C=O) groups is 1. The Labute approximate surface area is 107 Å². The largest absolute Gasteiger partial charge is 0.346 e. The van der Waals surface area contributed by atoms with Gasteiger partial charge in [-0.1, -0.05) is 0 Å². The molecular formula is C11H19NO5S. The van der Waals surface area contributed by atoms with Crippen LogP contribution in [0.3, 0.4) is 0 Å². The third-order valence-electron chi connectivity index (χ3n) is 3.53. The van der Waals surface area contributed by atoms with E-state index in [4.69, 9.17) is 9.47 Å². The lowest BCUT2D eigenvalue weighted by atomic mass is 10.0. The maximum absolute atomic E-state index is 12.1. The lowest BCUT2D eigenvalue weighted by molar-refractivity contribution is -0.192. The highest BCUT2D eigenvalue weighted by atomic mass is 32.2. The summed E-state index contributed by atoms with van der Waals surface area (Å²) in [5.74, 6) is -1.07. The first-order chi connectivity index (χ1) is 8.34. The fraction of sp³-hybridized carbons (Fsp3) is 0.909. The second-order valence-corrected chi connectivity index (χ2v) is 7.31. The van der Waals surface area contributed by atoms with Crippen molar-refractivity contribution in [2.45, 2.75) is 30.8 Å². The molecular weight excluding hydrogens is 258 g/mol. The van der Waals surface area contributed by atoms with E-state index in [1.807, 2.05) is 0 Å². The molecule has 2 aliphatic heterocycles. The standard InChI is InChI=1S/C11H19NO5S/c1-9(18(2,14)15)10(13)12-5-3-4-11(8-12)16-6-7-17-11/h9H,3-8H2,1-2H3. The number of nitrogens with zero attached hydrogens (tertiary/aromatic N) is 1. The summed E-state index contributed by atoms with van der Waals surface area (Å²) >= 11 is 0. The van der Waals surface area contributed by atoms with Gasteiger partial charge in [0.15, 0.2) is 15.6 Å². The van der Waals surface area contributed by atoms with Crippen LogP contribution in [-0.2, 0) is 24.1 Å². The number of ether oxygens (including phenoxy) is 2. The summed E-state index contributed by atoms with van der Waals surface area (Å²) in [4.78, 5) is 13.7. The average molecular weight is 277 g/mol. The van der Waals surface area contributed by atoms with Crippen molar-refractivity contribution < 1.29 is 22.7 Å². The fourth-order valence-electron chi connectivity index (χ4n) is 2.35. The van der Waals surface area contributed by atoms with Gasteiger partial charge in [0.2, 0.25) is 5.91 Å². The van der Waals surface area contributed by atoms with Gasteiger partial charge in [-0.05, 0) is 13.3 Å². The molecule has 6 nitrogen and oxygen atoms in total. The van der Waals surface area contributed by atoms with Gasteiger partial charge in [-0.3, -0.25) is 4.79 Å². The zero-order valence-electron chi connectivity index (χ0n) is 10.7. The maximum Gasteiger partial charge on any atom is 0.240 e. The first kappa shape index (κ1) is 13.8. The van der Waals surface area contributed by atoms with Crippen molar-refractivity contribution >= 4 is 15.7 Å². The topological polar surface area (TPSA) is 72.9 Å². The molecule has 1 atom stereocenters. The van der Waals surface area contributed by atoms with Crippen LogP contribution in [0.4, 0.5) is 0 Å². The van der Waals surface area contributed by atoms with Gasteiger partial charge in [-0.25, -0.2) is 8.42 Å². The SMILES string of the molecule is CC(C(=O)N1CCCC2(C1)OCCO2)S(C)(=O)=O. The van der Waals surface area contributed by atoms with Crippen molar-refractivity contribution in [1.29, 1.82) is 0 Å². The van der Waals surface area contributed by atoms with Gasteiger partial charge in [0, 0.05) is 19.2 Å². The molecule has 1 spiro atoms. The highest BCUT2D eigenvalue weighted by molar-refractivity contribution is 7.92. The Bertz CT molecular complexity index is 427. The molecule has 2 heterocycles. The van der Waals surface area contributed by atoms with Crippen LogP contribution >= 0.6 is 0 Å². The van der Waals surface area contributed by atoms with Gasteiger partial charge in [-0.2, -0.15) is 0 Å². The number of likely N-dealkylation sites (tertiary alicyclic amines) is 1. The van der Waals surface area contributed by atoms with E-state index >= 15 is 0 Å². The summed E-state index contributed by atoms with van der Waals surface area (Å²) in [7, 11) is -3.36. The summed E-state index contributed by atoms with van der Waals surface area (Å²) in [5.41, 5.74) is 0. The van der Waals surface area contributed by atoms with E-state index in [-0.39, 0.29) is 5.91 Å². The number of hydrogen-bond donors (Lipinski definition) is 0. The molecule has 0 saturated carbocycles. The van der Waals surface area contributed by atoms with E-state index in [0.717, 1.165) is 19.1 Å². The summed E-state index contributed by atoms with van der Waals surface area (Å²) in [5, 5.41) is -1.01. The second kappa shape index (κ2) is 4.79. The minimum Gasteiger partial charge on any atom is -0.346 e. The molecule has 2 saturated heterocycles. The second-order valence-electron chi connectivity index (χ2n) is 4.94. The van der Waals surface area contributed by atoms with Crippen LogP contribution in [0.1, 0.15) is 19.8 Å². The van der Waals surface area contributed by atoms with Crippen molar-refractivity contribution in [3.63, 3.8) is 0 Å². The monoisotopic (exact) mass is 277 g/mol. The van der Waals surface area contributed by atoms with E-state index in [9.17, 15) is 13.2 Å². The highest BCUT2D eigenvalue weighted by Gasteiger charge is 2.43. The quantitative estimate of drug-likeness (QED) is 0.698. The first-order valence-electron chi connectivity index (χ1n) is 6.10. The van der Waals surface area contributed by atoms with E-state index < -0.39 is 20.9 Å². The minimum absolute atomic E-state index is 0.325. The van der Waals surface area contributed by atoms with Crippen molar-refractivity contribution in [3.8, 4) is 0 Å². The van der Waals surface area contributed by atoms with E-state index in [0.29, 0.717) is 26.3 Å². The number of sulfone groups is 1. The molecule has 0 N–H and O–H groups in total. The van der Waals surface area contributed by atoms with Crippen LogP contribution in [0, 0.1) is 0 Å². The molecule has 104 valence electrons. The maximum atomic E-state index is 12.1. The lowest BCUT2D eigenvalue weighted by Gasteiger charge is -2.39. The normalized spacial score (nSPS) is 25.3. The van der Waals surface area contributed by atoms with E-state index in [1.165, 1.54) is 6.92 Å². The molecule has 2 rings (SSSR count). The fourth-order valence-corrected chi connectivity index (χ4v) is 2.86. The van der Waals surface area contributed by atoms with E-state index in [2.05, 4.69) is 0 Å². The Hall–Kier alpha value is -0.660. The van der Waals surface area contributed by atoms with E-state index in [1.54, 1.807) is 4.90 Å². The van der Waals surface area contributed by atoms with Crippen LogP contribution < -0.4 is 0 Å². The molecule has 1 unspecified atom stereocenters. The van der Waals surface area contributed by atoms with Gasteiger partial charge >= 0.3 is 0 Å². The van der Waals surface area contributed by atoms with Crippen molar-refractivity contribution in [2.75, 3.05) is 32.6 Å².